The van der Waals surface area contributed by atoms with Gasteiger partial charge >= 0.3 is 5.97 Å². The smallest absolute Gasteiger partial charge is 0.320 e. The second kappa shape index (κ2) is 7.30. The number of carboxylic acids is 1. The fourth-order valence-corrected chi connectivity index (χ4v) is 0.613. The standard InChI is InChI=1S/C6H14N2O3.ClH/c7-3-4(9)1-2-5(8)6(10)11;/h4-5,9H,1-3,7-8H2,(H,10,11);1H/t4-,5-;/m0./s1. The molecule has 6 N–H and O–H groups in total. The number of halogens is 1. The highest BCUT2D eigenvalue weighted by atomic mass is 35.5. The zero-order chi connectivity index (χ0) is 8.85. The number of hydrogen-bond acceptors (Lipinski definition) is 4. The summed E-state index contributed by atoms with van der Waals surface area (Å²) < 4.78 is 0. The van der Waals surface area contributed by atoms with Crippen LogP contribution in [0.1, 0.15) is 12.8 Å². The first-order valence-corrected chi connectivity index (χ1v) is 3.44. The van der Waals surface area contributed by atoms with Crippen molar-refractivity contribution in [2.45, 2.75) is 25.0 Å². The summed E-state index contributed by atoms with van der Waals surface area (Å²) >= 11 is 0. The van der Waals surface area contributed by atoms with E-state index in [2.05, 4.69) is 0 Å². The summed E-state index contributed by atoms with van der Waals surface area (Å²) in [5.74, 6) is -1.05. The first kappa shape index (κ1) is 14.2. The van der Waals surface area contributed by atoms with Crippen molar-refractivity contribution in [3.8, 4) is 0 Å². The van der Waals surface area contributed by atoms with Crippen LogP contribution in [0, 0.1) is 0 Å². The summed E-state index contributed by atoms with van der Waals surface area (Å²) in [6.45, 7) is 0.145. The first-order valence-electron chi connectivity index (χ1n) is 3.44. The molecule has 0 unspecified atom stereocenters. The van der Waals surface area contributed by atoms with Gasteiger partial charge < -0.3 is 21.7 Å². The molecular weight excluding hydrogens is 184 g/mol. The molecule has 0 rings (SSSR count). The predicted octanol–water partition coefficient (Wildman–Crippen LogP) is -1.08. The minimum absolute atomic E-state index is 0. The number of aliphatic carboxylic acids is 1. The van der Waals surface area contributed by atoms with Gasteiger partial charge in [-0.25, -0.2) is 0 Å². The highest BCUT2D eigenvalue weighted by Crippen LogP contribution is 1.98. The van der Waals surface area contributed by atoms with Crippen LogP contribution in [-0.2, 0) is 4.79 Å². The molecule has 0 heterocycles. The molecule has 0 radical (unpaired) electrons. The topological polar surface area (TPSA) is 110 Å². The number of aliphatic hydroxyl groups is 1. The lowest BCUT2D eigenvalue weighted by molar-refractivity contribution is -0.138. The molecule has 2 atom stereocenters. The third kappa shape index (κ3) is 6.36. The van der Waals surface area contributed by atoms with Crippen molar-refractivity contribution in [3.63, 3.8) is 0 Å². The number of nitrogens with two attached hydrogens (primary N) is 2. The molecule has 0 aliphatic carbocycles. The lowest BCUT2D eigenvalue weighted by Gasteiger charge is -2.09. The molecular formula is C6H15ClN2O3. The Bertz CT molecular complexity index is 134. The van der Waals surface area contributed by atoms with Crippen molar-refractivity contribution in [1.29, 1.82) is 0 Å². The number of carbonyl (C=O) groups is 1. The van der Waals surface area contributed by atoms with Crippen LogP contribution < -0.4 is 11.5 Å². The zero-order valence-electron chi connectivity index (χ0n) is 6.64. The van der Waals surface area contributed by atoms with Gasteiger partial charge in [-0.05, 0) is 12.8 Å². The Labute approximate surface area is 77.1 Å². The van der Waals surface area contributed by atoms with Crippen molar-refractivity contribution < 1.29 is 15.0 Å². The minimum atomic E-state index is -1.05. The molecule has 0 fully saturated rings. The molecule has 5 nitrogen and oxygen atoms in total. The van der Waals surface area contributed by atoms with Gasteiger partial charge in [0.2, 0.25) is 0 Å². The van der Waals surface area contributed by atoms with E-state index in [1.54, 1.807) is 0 Å². The second-order valence-electron chi connectivity index (χ2n) is 2.41. The van der Waals surface area contributed by atoms with E-state index in [1.165, 1.54) is 0 Å². The fourth-order valence-electron chi connectivity index (χ4n) is 0.613. The summed E-state index contributed by atoms with van der Waals surface area (Å²) in [7, 11) is 0. The quantitative estimate of drug-likeness (QED) is 0.449. The largest absolute Gasteiger partial charge is 0.480 e. The van der Waals surface area contributed by atoms with E-state index in [9.17, 15) is 4.79 Å². The Morgan fingerprint density at radius 1 is 1.42 bits per heavy atom. The van der Waals surface area contributed by atoms with Gasteiger partial charge in [0.15, 0.2) is 0 Å². The van der Waals surface area contributed by atoms with Crippen molar-refractivity contribution >= 4 is 18.4 Å². The van der Waals surface area contributed by atoms with Gasteiger partial charge in [0.1, 0.15) is 6.04 Å². The van der Waals surface area contributed by atoms with Crippen LogP contribution in [0.5, 0.6) is 0 Å². The van der Waals surface area contributed by atoms with Gasteiger partial charge in [-0.2, -0.15) is 0 Å². The number of rotatable bonds is 5. The van der Waals surface area contributed by atoms with Crippen molar-refractivity contribution in [2.24, 2.45) is 11.5 Å². The highest BCUT2D eigenvalue weighted by Gasteiger charge is 2.12. The van der Waals surface area contributed by atoms with E-state index >= 15 is 0 Å². The Morgan fingerprint density at radius 2 is 1.92 bits per heavy atom. The molecule has 0 aliphatic rings. The van der Waals surface area contributed by atoms with E-state index in [1.807, 2.05) is 0 Å². The van der Waals surface area contributed by atoms with E-state index in [4.69, 9.17) is 21.7 Å². The van der Waals surface area contributed by atoms with Crippen LogP contribution in [0.3, 0.4) is 0 Å². The zero-order valence-corrected chi connectivity index (χ0v) is 7.46. The molecule has 0 aromatic carbocycles. The van der Waals surface area contributed by atoms with E-state index < -0.39 is 18.1 Å². The number of aliphatic hydroxyl groups excluding tert-OH is 1. The lowest BCUT2D eigenvalue weighted by atomic mass is 10.1. The van der Waals surface area contributed by atoms with Crippen molar-refractivity contribution in [2.75, 3.05) is 6.54 Å². The highest BCUT2D eigenvalue weighted by molar-refractivity contribution is 5.85. The predicted molar refractivity (Wildman–Crippen MR) is 47.2 cm³/mol. The fraction of sp³-hybridized carbons (Fsp3) is 0.833. The van der Waals surface area contributed by atoms with Crippen LogP contribution in [-0.4, -0.2) is 34.9 Å². The molecule has 0 amide bonds. The molecule has 6 heteroatoms. The molecule has 74 valence electrons. The minimum Gasteiger partial charge on any atom is -0.480 e. The monoisotopic (exact) mass is 198 g/mol. The summed E-state index contributed by atoms with van der Waals surface area (Å²) in [4.78, 5) is 10.2. The molecule has 0 aliphatic heterocycles. The molecule has 12 heavy (non-hydrogen) atoms. The molecule has 0 aromatic rings. The van der Waals surface area contributed by atoms with Crippen LogP contribution in [0.15, 0.2) is 0 Å². The van der Waals surface area contributed by atoms with Crippen molar-refractivity contribution in [1.82, 2.24) is 0 Å². The number of hydrogen-bond donors (Lipinski definition) is 4. The van der Waals surface area contributed by atoms with E-state index in [0.717, 1.165) is 0 Å². The number of carboxylic acid groups (broad SMARTS) is 1. The molecule has 0 saturated carbocycles. The molecule has 0 saturated heterocycles. The normalized spacial score (nSPS) is 14.6. The summed E-state index contributed by atoms with van der Waals surface area (Å²) in [5.41, 5.74) is 10.3. The molecule has 0 spiro atoms. The van der Waals surface area contributed by atoms with Crippen molar-refractivity contribution in [3.05, 3.63) is 0 Å². The van der Waals surface area contributed by atoms with Gasteiger partial charge in [0, 0.05) is 6.54 Å². The maximum absolute atomic E-state index is 10.2. The lowest BCUT2D eigenvalue weighted by Crippen LogP contribution is -2.32. The molecule has 0 bridgehead atoms. The maximum Gasteiger partial charge on any atom is 0.320 e. The third-order valence-corrected chi connectivity index (χ3v) is 1.40. The van der Waals surface area contributed by atoms with Gasteiger partial charge in [0.05, 0.1) is 6.10 Å². The van der Waals surface area contributed by atoms with Crippen LogP contribution in [0.25, 0.3) is 0 Å². The Balaban J connectivity index is 0. The van der Waals surface area contributed by atoms with E-state index in [0.29, 0.717) is 6.42 Å². The first-order chi connectivity index (χ1) is 5.07. The Hall–Kier alpha value is -0.360. The summed E-state index contributed by atoms with van der Waals surface area (Å²) in [6, 6.07) is -0.892. The average molecular weight is 199 g/mol. The van der Waals surface area contributed by atoms with Gasteiger partial charge in [-0.1, -0.05) is 0 Å². The third-order valence-electron chi connectivity index (χ3n) is 1.40. The maximum atomic E-state index is 10.2. The summed E-state index contributed by atoms with van der Waals surface area (Å²) in [5, 5.41) is 17.2. The summed E-state index contributed by atoms with van der Waals surface area (Å²) in [6.07, 6.45) is -0.0436. The molecule has 0 aromatic heterocycles. The second-order valence-corrected chi connectivity index (χ2v) is 2.41. The van der Waals surface area contributed by atoms with Crippen LogP contribution in [0.4, 0.5) is 0 Å². The van der Waals surface area contributed by atoms with E-state index in [-0.39, 0.29) is 25.4 Å². The van der Waals surface area contributed by atoms with Gasteiger partial charge in [-0.15, -0.1) is 12.4 Å². The Kier molecular flexibility index (Phi) is 8.62. The van der Waals surface area contributed by atoms with Crippen LogP contribution >= 0.6 is 12.4 Å². The SMILES string of the molecule is Cl.NC[C@@H](O)CC[C@H](N)C(=O)O. The average Bonchev–Trinajstić information content (AvgIpc) is 1.99. The van der Waals surface area contributed by atoms with Crippen LogP contribution in [0.2, 0.25) is 0 Å². The Morgan fingerprint density at radius 3 is 2.25 bits per heavy atom. The van der Waals surface area contributed by atoms with Gasteiger partial charge in [-0.3, -0.25) is 4.79 Å². The van der Waals surface area contributed by atoms with Gasteiger partial charge in [0.25, 0.3) is 0 Å².